The molecule has 0 atom stereocenters. The summed E-state index contributed by atoms with van der Waals surface area (Å²) >= 11 is 0. The molecule has 0 aliphatic carbocycles. The Bertz CT molecular complexity index is 302. The van der Waals surface area contributed by atoms with Gasteiger partial charge in [0, 0.05) is 31.0 Å². The molecule has 21 heavy (non-hydrogen) atoms. The van der Waals surface area contributed by atoms with Crippen LogP contribution in [0.1, 0.15) is 41.5 Å². The van der Waals surface area contributed by atoms with Crippen LogP contribution in [-0.4, -0.2) is 67.9 Å². The Morgan fingerprint density at radius 2 is 1.43 bits per heavy atom. The van der Waals surface area contributed by atoms with Gasteiger partial charge in [0.05, 0.1) is 6.54 Å². The van der Waals surface area contributed by atoms with E-state index in [1.165, 1.54) is 5.70 Å². The van der Waals surface area contributed by atoms with Crippen molar-refractivity contribution in [1.82, 2.24) is 15.1 Å². The molecule has 4 nitrogen and oxygen atoms in total. The molecular formula is C17H36N4. The van der Waals surface area contributed by atoms with Crippen LogP contribution in [0.2, 0.25) is 0 Å². The lowest BCUT2D eigenvalue weighted by atomic mass is 10.3. The monoisotopic (exact) mass is 296 g/mol. The highest BCUT2D eigenvalue weighted by Crippen LogP contribution is 1.93. The van der Waals surface area contributed by atoms with E-state index < -0.39 is 0 Å². The topological polar surface area (TPSA) is 30.9 Å². The number of nitrogens with zero attached hydrogens (tertiary/aromatic N) is 3. The van der Waals surface area contributed by atoms with Gasteiger partial charge >= 0.3 is 0 Å². The molecule has 0 aromatic heterocycles. The summed E-state index contributed by atoms with van der Waals surface area (Å²) in [5, 5.41) is 3.46. The van der Waals surface area contributed by atoms with Gasteiger partial charge in [-0.2, -0.15) is 0 Å². The minimum Gasteiger partial charge on any atom is -0.387 e. The van der Waals surface area contributed by atoms with Gasteiger partial charge in [-0.05, 0) is 46.1 Å². The normalized spacial score (nSPS) is 13.3. The Hall–Kier alpha value is -0.870. The fourth-order valence-corrected chi connectivity index (χ4v) is 2.27. The average Bonchev–Trinajstić information content (AvgIpc) is 2.48. The summed E-state index contributed by atoms with van der Waals surface area (Å²) in [6, 6.07) is 0. The molecule has 124 valence electrons. The predicted molar refractivity (Wildman–Crippen MR) is 95.3 cm³/mol. The Kier molecular flexibility index (Phi) is 12.3. The van der Waals surface area contributed by atoms with Crippen LogP contribution >= 0.6 is 0 Å². The predicted octanol–water partition coefficient (Wildman–Crippen LogP) is 2.62. The van der Waals surface area contributed by atoms with Crippen LogP contribution in [0.4, 0.5) is 0 Å². The molecular weight excluding hydrogens is 260 g/mol. The van der Waals surface area contributed by atoms with Gasteiger partial charge < -0.3 is 15.1 Å². The second kappa shape index (κ2) is 12.8. The first-order valence-corrected chi connectivity index (χ1v) is 8.45. The van der Waals surface area contributed by atoms with Crippen molar-refractivity contribution < 1.29 is 0 Å². The van der Waals surface area contributed by atoms with Gasteiger partial charge in [0.25, 0.3) is 0 Å². The number of nitrogens with one attached hydrogen (secondary N) is 1. The Morgan fingerprint density at radius 1 is 0.905 bits per heavy atom. The molecule has 0 saturated carbocycles. The average molecular weight is 297 g/mol. The van der Waals surface area contributed by atoms with E-state index in [-0.39, 0.29) is 0 Å². The molecule has 0 rings (SSSR count). The van der Waals surface area contributed by atoms with E-state index in [4.69, 9.17) is 0 Å². The van der Waals surface area contributed by atoms with E-state index in [1.807, 2.05) is 0 Å². The largest absolute Gasteiger partial charge is 0.387 e. The van der Waals surface area contributed by atoms with Crippen LogP contribution < -0.4 is 5.32 Å². The zero-order chi connectivity index (χ0) is 16.1. The van der Waals surface area contributed by atoms with Gasteiger partial charge in [-0.3, -0.25) is 4.99 Å². The Morgan fingerprint density at radius 3 is 1.95 bits per heavy atom. The number of rotatable bonds is 12. The highest BCUT2D eigenvalue weighted by Gasteiger charge is 1.99. The van der Waals surface area contributed by atoms with Gasteiger partial charge in [-0.25, -0.2) is 0 Å². The number of aliphatic imine (C=N–C) groups is 1. The van der Waals surface area contributed by atoms with Gasteiger partial charge in [-0.15, -0.1) is 0 Å². The Balaban J connectivity index is 4.05. The summed E-state index contributed by atoms with van der Waals surface area (Å²) in [7, 11) is 0. The standard InChI is InChI=1S/C17H36N4/c1-7-20(8-2)13-11-18-16(5)15-17(6)19-12-14-21(9-3)10-4/h15,18H,7-14H2,1-6H3/b16-15+,19-17?. The van der Waals surface area contributed by atoms with Crippen molar-refractivity contribution in [3.05, 3.63) is 11.8 Å². The van der Waals surface area contributed by atoms with Crippen molar-refractivity contribution >= 4 is 5.71 Å². The molecule has 0 radical (unpaired) electrons. The van der Waals surface area contributed by atoms with E-state index in [9.17, 15) is 0 Å². The molecule has 0 aliphatic heterocycles. The molecule has 0 aromatic carbocycles. The maximum absolute atomic E-state index is 4.62. The van der Waals surface area contributed by atoms with E-state index in [0.29, 0.717) is 0 Å². The van der Waals surface area contributed by atoms with Crippen molar-refractivity contribution in [3.8, 4) is 0 Å². The van der Waals surface area contributed by atoms with Crippen molar-refractivity contribution in [3.63, 3.8) is 0 Å². The molecule has 0 heterocycles. The fraction of sp³-hybridized carbons (Fsp3) is 0.824. The minimum absolute atomic E-state index is 0.886. The molecule has 0 aromatic rings. The van der Waals surface area contributed by atoms with Crippen molar-refractivity contribution in [1.29, 1.82) is 0 Å². The van der Waals surface area contributed by atoms with E-state index in [0.717, 1.165) is 58.1 Å². The second-order valence-corrected chi connectivity index (χ2v) is 5.33. The number of hydrogen-bond acceptors (Lipinski definition) is 4. The van der Waals surface area contributed by atoms with Gasteiger partial charge in [-0.1, -0.05) is 27.7 Å². The number of hydrogen-bond donors (Lipinski definition) is 1. The van der Waals surface area contributed by atoms with Gasteiger partial charge in [0.2, 0.25) is 0 Å². The van der Waals surface area contributed by atoms with Crippen LogP contribution in [0.5, 0.6) is 0 Å². The maximum atomic E-state index is 4.62. The maximum Gasteiger partial charge on any atom is 0.0519 e. The smallest absolute Gasteiger partial charge is 0.0519 e. The highest BCUT2D eigenvalue weighted by atomic mass is 15.1. The highest BCUT2D eigenvalue weighted by molar-refractivity contribution is 5.93. The minimum atomic E-state index is 0.886. The lowest BCUT2D eigenvalue weighted by Crippen LogP contribution is -2.31. The number of likely N-dealkylation sites (N-methyl/N-ethyl adjacent to an activating group) is 2. The summed E-state index contributed by atoms with van der Waals surface area (Å²) in [4.78, 5) is 9.44. The van der Waals surface area contributed by atoms with Crippen LogP contribution in [0.3, 0.4) is 0 Å². The first-order chi connectivity index (χ1) is 10.1. The van der Waals surface area contributed by atoms with Crippen molar-refractivity contribution in [2.45, 2.75) is 41.5 Å². The molecule has 1 N–H and O–H groups in total. The lowest BCUT2D eigenvalue weighted by molar-refractivity contribution is 0.306. The summed E-state index contributed by atoms with van der Waals surface area (Å²) in [6.45, 7) is 21.5. The molecule has 0 amide bonds. The van der Waals surface area contributed by atoms with Crippen LogP contribution in [0.15, 0.2) is 16.8 Å². The third kappa shape index (κ3) is 10.5. The first kappa shape index (κ1) is 20.1. The van der Waals surface area contributed by atoms with Crippen LogP contribution in [0, 0.1) is 0 Å². The Labute approximate surface area is 132 Å². The zero-order valence-electron chi connectivity index (χ0n) is 15.1. The quantitative estimate of drug-likeness (QED) is 0.562. The van der Waals surface area contributed by atoms with Crippen LogP contribution in [-0.2, 0) is 0 Å². The molecule has 0 aliphatic rings. The summed E-state index contributed by atoms with van der Waals surface area (Å²) in [6.07, 6.45) is 2.14. The second-order valence-electron chi connectivity index (χ2n) is 5.33. The molecule has 0 unspecified atom stereocenters. The van der Waals surface area contributed by atoms with Gasteiger partial charge in [0.15, 0.2) is 0 Å². The molecule has 4 heteroatoms. The van der Waals surface area contributed by atoms with E-state index >= 15 is 0 Å². The third-order valence-electron chi connectivity index (χ3n) is 3.82. The molecule has 0 spiro atoms. The summed E-state index contributed by atoms with van der Waals surface area (Å²) < 4.78 is 0. The van der Waals surface area contributed by atoms with Crippen molar-refractivity contribution in [2.75, 3.05) is 52.4 Å². The third-order valence-corrected chi connectivity index (χ3v) is 3.82. The van der Waals surface area contributed by atoms with Gasteiger partial charge in [0.1, 0.15) is 0 Å². The van der Waals surface area contributed by atoms with Crippen LogP contribution in [0.25, 0.3) is 0 Å². The molecule has 0 saturated heterocycles. The van der Waals surface area contributed by atoms with E-state index in [1.54, 1.807) is 0 Å². The number of allylic oxidation sites excluding steroid dienone is 2. The summed E-state index contributed by atoms with van der Waals surface area (Å²) in [5.74, 6) is 0. The SMILES string of the molecule is CCN(CC)CCN=C(C)/C=C(\C)NCCN(CC)CC. The summed E-state index contributed by atoms with van der Waals surface area (Å²) in [5.41, 5.74) is 2.31. The first-order valence-electron chi connectivity index (χ1n) is 8.45. The molecule has 0 fully saturated rings. The van der Waals surface area contributed by atoms with E-state index in [2.05, 4.69) is 67.7 Å². The fourth-order valence-electron chi connectivity index (χ4n) is 2.27. The van der Waals surface area contributed by atoms with Crippen molar-refractivity contribution in [2.24, 2.45) is 4.99 Å². The zero-order valence-corrected chi connectivity index (χ0v) is 15.1. The lowest BCUT2D eigenvalue weighted by Gasteiger charge is -2.18. The molecule has 0 bridgehead atoms.